The van der Waals surface area contributed by atoms with Gasteiger partial charge in [0.05, 0.1) is 12.3 Å². The maximum Gasteiger partial charge on any atom is 0.217 e. The smallest absolute Gasteiger partial charge is 0.217 e. The number of rotatable bonds is 1. The van der Waals surface area contributed by atoms with Crippen LogP contribution in [-0.2, 0) is 9.53 Å². The van der Waals surface area contributed by atoms with Crippen molar-refractivity contribution in [2.45, 2.75) is 19.4 Å². The Hall–Kier alpha value is -0.990. The molecule has 1 N–H and O–H groups in total. The van der Waals surface area contributed by atoms with Crippen LogP contribution in [0.1, 0.15) is 13.3 Å². The molecule has 10 heavy (non-hydrogen) atoms. The normalized spacial score (nSPS) is 23.5. The van der Waals surface area contributed by atoms with E-state index < -0.39 is 0 Å². The number of ether oxygens (including phenoxy) is 1. The summed E-state index contributed by atoms with van der Waals surface area (Å²) >= 11 is 0. The van der Waals surface area contributed by atoms with Crippen LogP contribution < -0.4 is 5.32 Å². The lowest BCUT2D eigenvalue weighted by Crippen LogP contribution is -2.37. The second kappa shape index (κ2) is 3.25. The van der Waals surface area contributed by atoms with Crippen LogP contribution in [0.3, 0.4) is 0 Å². The van der Waals surface area contributed by atoms with Gasteiger partial charge in [-0.2, -0.15) is 0 Å². The summed E-state index contributed by atoms with van der Waals surface area (Å²) in [6.45, 7) is 2.11. The van der Waals surface area contributed by atoms with Gasteiger partial charge < -0.3 is 10.1 Å². The van der Waals surface area contributed by atoms with Crippen molar-refractivity contribution in [2.24, 2.45) is 0 Å². The average molecular weight is 141 g/mol. The van der Waals surface area contributed by atoms with Crippen molar-refractivity contribution in [1.82, 2.24) is 5.32 Å². The Morgan fingerprint density at radius 1 is 1.80 bits per heavy atom. The predicted molar refractivity (Wildman–Crippen MR) is 37.3 cm³/mol. The maximum absolute atomic E-state index is 10.5. The van der Waals surface area contributed by atoms with Crippen molar-refractivity contribution in [1.29, 1.82) is 0 Å². The van der Waals surface area contributed by atoms with Gasteiger partial charge in [-0.25, -0.2) is 0 Å². The molecule has 0 bridgehead atoms. The minimum absolute atomic E-state index is 0.00361. The van der Waals surface area contributed by atoms with Gasteiger partial charge in [0.15, 0.2) is 0 Å². The van der Waals surface area contributed by atoms with Crippen molar-refractivity contribution in [3.63, 3.8) is 0 Å². The minimum atomic E-state index is 0.00361. The van der Waals surface area contributed by atoms with E-state index in [-0.39, 0.29) is 11.9 Å². The highest BCUT2D eigenvalue weighted by molar-refractivity contribution is 5.73. The number of amides is 1. The van der Waals surface area contributed by atoms with E-state index in [4.69, 9.17) is 4.74 Å². The number of hydrogen-bond donors (Lipinski definition) is 1. The molecule has 0 radical (unpaired) electrons. The maximum atomic E-state index is 10.5. The molecule has 0 aliphatic carbocycles. The van der Waals surface area contributed by atoms with E-state index in [0.717, 1.165) is 6.42 Å². The Kier molecular flexibility index (Phi) is 2.31. The highest BCUT2D eigenvalue weighted by atomic mass is 16.5. The van der Waals surface area contributed by atoms with E-state index in [0.29, 0.717) is 6.61 Å². The molecule has 0 aromatic heterocycles. The van der Waals surface area contributed by atoms with Gasteiger partial charge in [-0.15, -0.1) is 0 Å². The van der Waals surface area contributed by atoms with Crippen molar-refractivity contribution in [3.8, 4) is 0 Å². The second-order valence-electron chi connectivity index (χ2n) is 2.34. The zero-order chi connectivity index (χ0) is 7.40. The molecule has 0 fully saturated rings. The Bertz CT molecular complexity index is 154. The van der Waals surface area contributed by atoms with Crippen LogP contribution in [0.5, 0.6) is 0 Å². The van der Waals surface area contributed by atoms with E-state index in [2.05, 4.69) is 5.32 Å². The molecule has 0 aromatic carbocycles. The molecular weight excluding hydrogens is 130 g/mol. The zero-order valence-electron chi connectivity index (χ0n) is 5.96. The molecule has 1 heterocycles. The molecule has 3 nitrogen and oxygen atoms in total. The first-order valence-corrected chi connectivity index (χ1v) is 3.33. The van der Waals surface area contributed by atoms with Crippen molar-refractivity contribution in [3.05, 3.63) is 12.3 Å². The molecule has 0 spiro atoms. The molecule has 0 aromatic rings. The van der Waals surface area contributed by atoms with Crippen LogP contribution in [0, 0.1) is 0 Å². The lowest BCUT2D eigenvalue weighted by molar-refractivity contribution is -0.120. The molecule has 1 aliphatic rings. The molecular formula is C7H11NO2. The Balaban J connectivity index is 2.28. The van der Waals surface area contributed by atoms with Gasteiger partial charge in [-0.1, -0.05) is 0 Å². The number of hydrogen-bond acceptors (Lipinski definition) is 2. The standard InChI is InChI=1S/C7H11NO2/c1-6(9)8-7-3-2-4-10-5-7/h2,4,7H,3,5H2,1H3,(H,8,9)/t7-/m0/s1. The van der Waals surface area contributed by atoms with Crippen molar-refractivity contribution in [2.75, 3.05) is 6.61 Å². The summed E-state index contributed by atoms with van der Waals surface area (Å²) in [5.74, 6) is 0.00361. The minimum Gasteiger partial charge on any atom is -0.499 e. The third kappa shape index (κ3) is 2.09. The fraction of sp³-hybridized carbons (Fsp3) is 0.571. The summed E-state index contributed by atoms with van der Waals surface area (Å²) in [5.41, 5.74) is 0. The summed E-state index contributed by atoms with van der Waals surface area (Å²) in [6.07, 6.45) is 4.45. The molecule has 1 aliphatic heterocycles. The highest BCUT2D eigenvalue weighted by Crippen LogP contribution is 2.01. The molecule has 56 valence electrons. The second-order valence-corrected chi connectivity index (χ2v) is 2.34. The third-order valence-corrected chi connectivity index (χ3v) is 1.32. The van der Waals surface area contributed by atoms with E-state index in [9.17, 15) is 4.79 Å². The van der Waals surface area contributed by atoms with Crippen LogP contribution in [0.25, 0.3) is 0 Å². The van der Waals surface area contributed by atoms with Crippen molar-refractivity contribution >= 4 is 5.91 Å². The molecule has 0 saturated heterocycles. The Labute approximate surface area is 60.1 Å². The first kappa shape index (κ1) is 7.12. The third-order valence-electron chi connectivity index (χ3n) is 1.32. The lowest BCUT2D eigenvalue weighted by atomic mass is 10.2. The van der Waals surface area contributed by atoms with Crippen LogP contribution in [0.15, 0.2) is 12.3 Å². The highest BCUT2D eigenvalue weighted by Gasteiger charge is 2.10. The topological polar surface area (TPSA) is 38.3 Å². The van der Waals surface area contributed by atoms with Crippen LogP contribution in [-0.4, -0.2) is 18.6 Å². The van der Waals surface area contributed by atoms with E-state index in [1.165, 1.54) is 6.92 Å². The van der Waals surface area contributed by atoms with Gasteiger partial charge in [-0.05, 0) is 12.5 Å². The quantitative estimate of drug-likeness (QED) is 0.575. The summed E-state index contributed by atoms with van der Waals surface area (Å²) in [5, 5.41) is 2.77. The van der Waals surface area contributed by atoms with Crippen LogP contribution in [0.4, 0.5) is 0 Å². The SMILES string of the molecule is CC(=O)N[C@H]1CC=COC1. The van der Waals surface area contributed by atoms with Crippen molar-refractivity contribution < 1.29 is 9.53 Å². The summed E-state index contributed by atoms with van der Waals surface area (Å²) < 4.78 is 4.99. The van der Waals surface area contributed by atoms with Crippen LogP contribution >= 0.6 is 0 Å². The first-order chi connectivity index (χ1) is 4.79. The van der Waals surface area contributed by atoms with Crippen LogP contribution in [0.2, 0.25) is 0 Å². The van der Waals surface area contributed by atoms with Gasteiger partial charge in [0, 0.05) is 6.92 Å². The summed E-state index contributed by atoms with van der Waals surface area (Å²) in [4.78, 5) is 10.5. The largest absolute Gasteiger partial charge is 0.499 e. The molecule has 1 amide bonds. The van der Waals surface area contributed by atoms with Gasteiger partial charge in [-0.3, -0.25) is 4.79 Å². The van der Waals surface area contributed by atoms with Gasteiger partial charge in [0.1, 0.15) is 6.61 Å². The van der Waals surface area contributed by atoms with E-state index >= 15 is 0 Å². The number of carbonyl (C=O) groups is 1. The number of nitrogens with one attached hydrogen (secondary N) is 1. The lowest BCUT2D eigenvalue weighted by Gasteiger charge is -2.18. The molecule has 3 heteroatoms. The molecule has 1 rings (SSSR count). The predicted octanol–water partition coefficient (Wildman–Crippen LogP) is 0.425. The van der Waals surface area contributed by atoms with Gasteiger partial charge in [0.2, 0.25) is 5.91 Å². The fourth-order valence-corrected chi connectivity index (χ4v) is 0.916. The molecule has 1 atom stereocenters. The van der Waals surface area contributed by atoms with Gasteiger partial charge >= 0.3 is 0 Å². The monoisotopic (exact) mass is 141 g/mol. The Morgan fingerprint density at radius 2 is 2.60 bits per heavy atom. The van der Waals surface area contributed by atoms with Gasteiger partial charge in [0.25, 0.3) is 0 Å². The zero-order valence-corrected chi connectivity index (χ0v) is 5.96. The summed E-state index contributed by atoms with van der Waals surface area (Å²) in [7, 11) is 0. The molecule has 0 unspecified atom stereocenters. The average Bonchev–Trinajstić information content (AvgIpc) is 1.88. The molecule has 0 saturated carbocycles. The Morgan fingerprint density at radius 3 is 3.10 bits per heavy atom. The number of carbonyl (C=O) groups excluding carboxylic acids is 1. The van der Waals surface area contributed by atoms with E-state index in [1.54, 1.807) is 6.26 Å². The fourth-order valence-electron chi connectivity index (χ4n) is 0.916. The summed E-state index contributed by atoms with van der Waals surface area (Å²) in [6, 6.07) is 0.169. The first-order valence-electron chi connectivity index (χ1n) is 3.33. The van der Waals surface area contributed by atoms with E-state index in [1.807, 2.05) is 6.08 Å².